The largest absolute Gasteiger partial charge is 0.454 e. The number of hydrogen-bond acceptors (Lipinski definition) is 25. The molecule has 0 amide bonds. The van der Waals surface area contributed by atoms with Crippen LogP contribution in [0.1, 0.15) is 84.0 Å². The highest BCUT2D eigenvalue weighted by molar-refractivity contribution is 5.82. The zero-order chi connectivity index (χ0) is 55.6. The number of rotatable bonds is 15. The third-order valence-electron chi connectivity index (χ3n) is 17.0. The molecule has 0 aromatic heterocycles. The van der Waals surface area contributed by atoms with Crippen LogP contribution in [-0.4, -0.2) is 266 Å². The smallest absolute Gasteiger partial charge is 0.330 e. The summed E-state index contributed by atoms with van der Waals surface area (Å²) in [7, 11) is 0. The Labute approximate surface area is 444 Å². The standard InChI is InChI=1S/C51H80O26/c1-20-46(76-36(59)11-6-22-4-9-27(55)28(56)12-22)43(66)45(68)49(70-20)69-19-35-40(63)41(64)44(67)50(75-35)73-33-17-26-31(71-47(33)23-13-29(57)38(61)30(58)14-23)15-25(54)16-32(26)72-51-48(42(65)39(62)34(18-52)74-51)77-37(60)10-5-21-2-7-24(53)8-3-21/h5-6,10-11,20-35,38-58,61-68H,2-4,7-9,12-19H2,1H3/p+1. The fraction of sp³-hybridized carbons (Fsp3) is 0.882. The Kier molecular flexibility index (Phi) is 21.0. The summed E-state index contributed by atoms with van der Waals surface area (Å²) in [4.78, 5) is 26.0. The number of carbonyl (C=O) groups is 2. The molecule has 26 nitrogen and oxygen atoms in total. The summed E-state index contributed by atoms with van der Waals surface area (Å²) in [6, 6.07) is 0. The summed E-state index contributed by atoms with van der Waals surface area (Å²) in [6.07, 6.45) is -27.2. The van der Waals surface area contributed by atoms with E-state index in [-0.39, 0.29) is 50.4 Å². The van der Waals surface area contributed by atoms with Crippen molar-refractivity contribution in [2.24, 2.45) is 23.7 Å². The molecule has 4 aliphatic heterocycles. The van der Waals surface area contributed by atoms with Gasteiger partial charge in [-0.2, -0.15) is 0 Å². The molecule has 8 aliphatic rings. The van der Waals surface area contributed by atoms with Crippen LogP contribution in [0.15, 0.2) is 24.3 Å². The zero-order valence-electron chi connectivity index (χ0n) is 42.8. The second kappa shape index (κ2) is 26.6. The SMILES string of the molecule is CC1OC(OCC2OC(OC3CC4C(OC5OC(CO)C(O)C(O)C5OC(=O)C=CC5CCC(O)CC5)CC(O)CC4[OH+]C3C3CC(O)C(O)C(O)C3)C(O)C(O)C2O)C(O)C(O)C1OC(=O)C=CC1CCC(O)C(O)C1. The molecule has 0 bridgehead atoms. The average Bonchev–Trinajstić information content (AvgIpc) is 3.41. The van der Waals surface area contributed by atoms with Crippen molar-refractivity contribution in [3.05, 3.63) is 24.3 Å². The Morgan fingerprint density at radius 2 is 1.10 bits per heavy atom. The van der Waals surface area contributed by atoms with Crippen molar-refractivity contribution >= 4 is 11.9 Å². The van der Waals surface area contributed by atoms with E-state index in [1.165, 1.54) is 19.1 Å². The lowest BCUT2D eigenvalue weighted by molar-refractivity contribution is -0.371. The summed E-state index contributed by atoms with van der Waals surface area (Å²) in [5.41, 5.74) is 0. The van der Waals surface area contributed by atoms with E-state index in [0.717, 1.165) is 6.08 Å². The predicted molar refractivity (Wildman–Crippen MR) is 256 cm³/mol. The maximum absolute atomic E-state index is 13.2. The molecule has 4 saturated carbocycles. The molecule has 16 N–H and O–H groups in total. The third kappa shape index (κ3) is 14.4. The summed E-state index contributed by atoms with van der Waals surface area (Å²) < 4.78 is 52.7. The van der Waals surface area contributed by atoms with Crippen LogP contribution in [0.3, 0.4) is 0 Å². The first-order valence-corrected chi connectivity index (χ1v) is 27.1. The number of fused-ring (bicyclic) bond motifs is 1. The monoisotopic (exact) mass is 1110 g/mol. The van der Waals surface area contributed by atoms with Gasteiger partial charge in [0, 0.05) is 30.9 Å². The van der Waals surface area contributed by atoms with E-state index >= 15 is 0 Å². The van der Waals surface area contributed by atoms with Gasteiger partial charge in [0.05, 0.1) is 68.0 Å². The average molecular weight is 1110 g/mol. The van der Waals surface area contributed by atoms with Crippen LogP contribution in [0.5, 0.6) is 0 Å². The lowest BCUT2D eigenvalue weighted by Gasteiger charge is -2.50. The van der Waals surface area contributed by atoms with Gasteiger partial charge in [0.15, 0.2) is 43.3 Å². The number of ether oxygens (including phenoxy) is 9. The molecule has 26 heteroatoms. The highest BCUT2D eigenvalue weighted by Crippen LogP contribution is 2.44. The van der Waals surface area contributed by atoms with Crippen LogP contribution >= 0.6 is 0 Å². The Balaban J connectivity index is 0.954. The zero-order valence-corrected chi connectivity index (χ0v) is 42.8. The van der Waals surface area contributed by atoms with E-state index in [2.05, 4.69) is 0 Å². The van der Waals surface area contributed by atoms with E-state index in [0.29, 0.717) is 38.5 Å². The fourth-order valence-electron chi connectivity index (χ4n) is 12.4. The molecule has 0 aromatic rings. The van der Waals surface area contributed by atoms with Crippen LogP contribution in [-0.2, 0) is 47.5 Å². The van der Waals surface area contributed by atoms with Gasteiger partial charge in [-0.1, -0.05) is 12.2 Å². The Morgan fingerprint density at radius 1 is 0.519 bits per heavy atom. The summed E-state index contributed by atoms with van der Waals surface area (Å²) in [5, 5.41) is 161. The number of carbonyl (C=O) groups excluding carboxylic acids is 2. The minimum atomic E-state index is -1.93. The molecule has 8 fully saturated rings. The van der Waals surface area contributed by atoms with Gasteiger partial charge in [-0.05, 0) is 83.0 Å². The normalized spacial score (nSPS) is 50.0. The lowest BCUT2D eigenvalue weighted by Crippen LogP contribution is -2.65. The van der Waals surface area contributed by atoms with Gasteiger partial charge in [-0.15, -0.1) is 0 Å². The van der Waals surface area contributed by atoms with E-state index in [1.807, 2.05) is 0 Å². The first-order chi connectivity index (χ1) is 36.6. The van der Waals surface area contributed by atoms with Gasteiger partial charge in [0.25, 0.3) is 0 Å². The molecule has 8 rings (SSSR count). The minimum absolute atomic E-state index is 0.0154. The first kappa shape index (κ1) is 60.6. The molecule has 26 unspecified atom stereocenters. The van der Waals surface area contributed by atoms with Crippen molar-refractivity contribution in [1.29, 1.82) is 0 Å². The summed E-state index contributed by atoms with van der Waals surface area (Å²) in [5.74, 6) is -3.36. The number of esters is 2. The first-order valence-electron chi connectivity index (χ1n) is 27.1. The third-order valence-corrected chi connectivity index (χ3v) is 17.0. The number of aliphatic hydroxyl groups is 17. The highest BCUT2D eigenvalue weighted by Gasteiger charge is 2.58. The quantitative estimate of drug-likeness (QED) is 0.0413. The molecular weight excluding hydrogens is 1030 g/mol. The van der Waals surface area contributed by atoms with Crippen molar-refractivity contribution in [1.82, 2.24) is 0 Å². The molecule has 440 valence electrons. The van der Waals surface area contributed by atoms with Gasteiger partial charge < -0.3 is 119 Å². The molecule has 4 saturated heterocycles. The van der Waals surface area contributed by atoms with Gasteiger partial charge in [0.2, 0.25) is 0 Å². The second-order valence-electron chi connectivity index (χ2n) is 22.5. The van der Waals surface area contributed by atoms with Crippen LogP contribution in [0.25, 0.3) is 0 Å². The number of hydrogen-bond donors (Lipinski definition) is 15. The molecule has 77 heavy (non-hydrogen) atoms. The van der Waals surface area contributed by atoms with Gasteiger partial charge >= 0.3 is 11.9 Å². The molecule has 4 aliphatic carbocycles. The Bertz CT molecular complexity index is 1950. The van der Waals surface area contributed by atoms with Crippen LogP contribution in [0, 0.1) is 23.7 Å². The molecule has 0 aromatic carbocycles. The maximum Gasteiger partial charge on any atom is 0.330 e. The van der Waals surface area contributed by atoms with Crippen LogP contribution in [0.4, 0.5) is 0 Å². The van der Waals surface area contributed by atoms with E-state index in [4.69, 9.17) is 42.6 Å². The number of allylic oxidation sites excluding steroid dienone is 2. The summed E-state index contributed by atoms with van der Waals surface area (Å²) >= 11 is 0. The van der Waals surface area contributed by atoms with Crippen molar-refractivity contribution in [3.8, 4) is 0 Å². The second-order valence-corrected chi connectivity index (χ2v) is 22.5. The Morgan fingerprint density at radius 3 is 1.77 bits per heavy atom. The highest BCUT2D eigenvalue weighted by atomic mass is 16.7. The van der Waals surface area contributed by atoms with Crippen molar-refractivity contribution < 1.29 is 129 Å². The molecule has 26 atom stereocenters. The van der Waals surface area contributed by atoms with E-state index in [9.17, 15) is 86.2 Å². The minimum Gasteiger partial charge on any atom is -0.454 e. The van der Waals surface area contributed by atoms with Crippen molar-refractivity contribution in [2.45, 2.75) is 243 Å². The van der Waals surface area contributed by atoms with Crippen molar-refractivity contribution in [3.63, 3.8) is 0 Å². The maximum atomic E-state index is 13.2. The molecular formula is C51H81O26+. The lowest BCUT2D eigenvalue weighted by atomic mass is 9.72. The molecule has 4 heterocycles. The van der Waals surface area contributed by atoms with Gasteiger partial charge in [0.1, 0.15) is 67.1 Å². The van der Waals surface area contributed by atoms with E-state index < -0.39 is 196 Å². The summed E-state index contributed by atoms with van der Waals surface area (Å²) in [6.45, 7) is 0.0438. The predicted octanol–water partition coefficient (Wildman–Crippen LogP) is -5.57. The van der Waals surface area contributed by atoms with Crippen molar-refractivity contribution in [2.75, 3.05) is 13.2 Å². The topological polar surface area (TPSA) is 424 Å². The van der Waals surface area contributed by atoms with Gasteiger partial charge in [-0.3, -0.25) is 0 Å². The van der Waals surface area contributed by atoms with Crippen LogP contribution < -0.4 is 0 Å². The molecule has 0 radical (unpaired) electrons. The Hall–Kier alpha value is -2.46. The fourth-order valence-corrected chi connectivity index (χ4v) is 12.4. The molecule has 0 spiro atoms. The van der Waals surface area contributed by atoms with Gasteiger partial charge in [-0.25, -0.2) is 9.59 Å². The van der Waals surface area contributed by atoms with Crippen LogP contribution in [0.2, 0.25) is 0 Å². The number of aliphatic hydroxyl groups excluding tert-OH is 15. The van der Waals surface area contributed by atoms with E-state index in [1.54, 1.807) is 6.08 Å².